The number of carbonyl (C=O) groups is 1. The van der Waals surface area contributed by atoms with Crippen LogP contribution in [-0.2, 0) is 9.53 Å². The highest BCUT2D eigenvalue weighted by atomic mass is 16.5. The van der Waals surface area contributed by atoms with Crippen LogP contribution in [0.1, 0.15) is 25.7 Å². The molecule has 1 atom stereocenters. The van der Waals surface area contributed by atoms with Gasteiger partial charge in [-0.15, -0.1) is 0 Å². The highest BCUT2D eigenvalue weighted by molar-refractivity contribution is 5.72. The highest BCUT2D eigenvalue weighted by Gasteiger charge is 2.26. The molecule has 2 aliphatic rings. The van der Waals surface area contributed by atoms with Gasteiger partial charge in [0.2, 0.25) is 0 Å². The van der Waals surface area contributed by atoms with Crippen molar-refractivity contribution in [1.82, 2.24) is 5.32 Å². The monoisotopic (exact) mass is 183 g/mol. The van der Waals surface area contributed by atoms with Crippen LogP contribution in [0.15, 0.2) is 0 Å². The minimum atomic E-state index is 0.0131. The standard InChI is InChI=1S/C10H17NO2/c12-10(13-7-8-3-4-8)9-2-1-5-11-6-9/h8-9,11H,1-7H2. The zero-order valence-electron chi connectivity index (χ0n) is 7.92. The van der Waals surface area contributed by atoms with Gasteiger partial charge in [0.25, 0.3) is 0 Å². The molecule has 0 aromatic heterocycles. The van der Waals surface area contributed by atoms with Gasteiger partial charge in [-0.05, 0) is 38.1 Å². The lowest BCUT2D eigenvalue weighted by Gasteiger charge is -2.20. The third-order valence-corrected chi connectivity index (χ3v) is 2.79. The topological polar surface area (TPSA) is 38.3 Å². The SMILES string of the molecule is O=C(OCC1CC1)C1CCCNC1. The van der Waals surface area contributed by atoms with Crippen LogP contribution >= 0.6 is 0 Å². The number of rotatable bonds is 3. The van der Waals surface area contributed by atoms with Gasteiger partial charge in [-0.2, -0.15) is 0 Å². The quantitative estimate of drug-likeness (QED) is 0.662. The van der Waals surface area contributed by atoms with Crippen LogP contribution in [-0.4, -0.2) is 25.7 Å². The largest absolute Gasteiger partial charge is 0.465 e. The lowest BCUT2D eigenvalue weighted by Crippen LogP contribution is -2.35. The van der Waals surface area contributed by atoms with E-state index in [1.54, 1.807) is 0 Å². The second-order valence-electron chi connectivity index (χ2n) is 4.12. The number of piperidine rings is 1. The molecule has 1 heterocycles. The van der Waals surface area contributed by atoms with Crippen molar-refractivity contribution >= 4 is 5.97 Å². The molecule has 3 nitrogen and oxygen atoms in total. The molecule has 1 saturated heterocycles. The lowest BCUT2D eigenvalue weighted by molar-refractivity contribution is -0.149. The van der Waals surface area contributed by atoms with Crippen molar-refractivity contribution in [3.05, 3.63) is 0 Å². The summed E-state index contributed by atoms with van der Waals surface area (Å²) >= 11 is 0. The Kier molecular flexibility index (Phi) is 2.83. The molecule has 13 heavy (non-hydrogen) atoms. The second-order valence-corrected chi connectivity index (χ2v) is 4.12. The maximum atomic E-state index is 11.5. The summed E-state index contributed by atoms with van der Waals surface area (Å²) in [6.07, 6.45) is 4.59. The van der Waals surface area contributed by atoms with Crippen LogP contribution in [0.2, 0.25) is 0 Å². The van der Waals surface area contributed by atoms with Crippen LogP contribution in [0.3, 0.4) is 0 Å². The Morgan fingerprint density at radius 3 is 2.85 bits per heavy atom. The predicted molar refractivity (Wildman–Crippen MR) is 49.3 cm³/mol. The van der Waals surface area contributed by atoms with E-state index in [0.29, 0.717) is 12.5 Å². The van der Waals surface area contributed by atoms with E-state index in [9.17, 15) is 4.79 Å². The van der Waals surface area contributed by atoms with Gasteiger partial charge >= 0.3 is 5.97 Å². The zero-order valence-corrected chi connectivity index (χ0v) is 7.92. The summed E-state index contributed by atoms with van der Waals surface area (Å²) in [5.41, 5.74) is 0. The minimum absolute atomic E-state index is 0.0131. The van der Waals surface area contributed by atoms with Gasteiger partial charge in [0.05, 0.1) is 12.5 Å². The van der Waals surface area contributed by atoms with Crippen molar-refractivity contribution in [2.75, 3.05) is 19.7 Å². The van der Waals surface area contributed by atoms with E-state index in [2.05, 4.69) is 5.32 Å². The van der Waals surface area contributed by atoms with Crippen molar-refractivity contribution < 1.29 is 9.53 Å². The molecule has 1 unspecified atom stereocenters. The summed E-state index contributed by atoms with van der Waals surface area (Å²) in [7, 11) is 0. The van der Waals surface area contributed by atoms with Crippen LogP contribution in [0.4, 0.5) is 0 Å². The number of carbonyl (C=O) groups excluding carboxylic acids is 1. The van der Waals surface area contributed by atoms with E-state index in [0.717, 1.165) is 25.9 Å². The molecule has 2 fully saturated rings. The van der Waals surface area contributed by atoms with Crippen molar-refractivity contribution in [2.24, 2.45) is 11.8 Å². The van der Waals surface area contributed by atoms with E-state index in [-0.39, 0.29) is 11.9 Å². The molecule has 1 saturated carbocycles. The van der Waals surface area contributed by atoms with Gasteiger partial charge < -0.3 is 10.1 Å². The Hall–Kier alpha value is -0.570. The summed E-state index contributed by atoms with van der Waals surface area (Å²) in [6.45, 7) is 2.52. The molecule has 3 heteroatoms. The summed E-state index contributed by atoms with van der Waals surface area (Å²) < 4.78 is 5.23. The molecule has 0 spiro atoms. The van der Waals surface area contributed by atoms with E-state index < -0.39 is 0 Å². The van der Waals surface area contributed by atoms with Crippen LogP contribution < -0.4 is 5.32 Å². The molecule has 0 bridgehead atoms. The van der Waals surface area contributed by atoms with Crippen molar-refractivity contribution in [2.45, 2.75) is 25.7 Å². The van der Waals surface area contributed by atoms with Gasteiger partial charge in [0.15, 0.2) is 0 Å². The van der Waals surface area contributed by atoms with Crippen molar-refractivity contribution in [3.63, 3.8) is 0 Å². The molecule has 1 aliphatic heterocycles. The molecule has 0 aromatic rings. The molecular weight excluding hydrogens is 166 g/mol. The van der Waals surface area contributed by atoms with Crippen LogP contribution in [0, 0.1) is 11.8 Å². The first-order valence-corrected chi connectivity index (χ1v) is 5.23. The van der Waals surface area contributed by atoms with E-state index in [1.807, 2.05) is 0 Å². The molecule has 2 rings (SSSR count). The molecule has 1 N–H and O–H groups in total. The van der Waals surface area contributed by atoms with E-state index in [1.165, 1.54) is 12.8 Å². The van der Waals surface area contributed by atoms with Gasteiger partial charge in [0, 0.05) is 6.54 Å². The predicted octanol–water partition coefficient (Wildman–Crippen LogP) is 0.939. The Morgan fingerprint density at radius 1 is 1.38 bits per heavy atom. The maximum Gasteiger partial charge on any atom is 0.310 e. The number of nitrogens with one attached hydrogen (secondary N) is 1. The number of hydrogen-bond donors (Lipinski definition) is 1. The first-order valence-electron chi connectivity index (χ1n) is 5.23. The first-order chi connectivity index (χ1) is 6.36. The number of hydrogen-bond acceptors (Lipinski definition) is 3. The Bertz CT molecular complexity index is 183. The summed E-state index contributed by atoms with van der Waals surface area (Å²) in [4.78, 5) is 11.5. The van der Waals surface area contributed by atoms with E-state index in [4.69, 9.17) is 4.74 Å². The molecular formula is C10H17NO2. The van der Waals surface area contributed by atoms with Crippen molar-refractivity contribution in [1.29, 1.82) is 0 Å². The normalized spacial score (nSPS) is 28.5. The number of ether oxygens (including phenoxy) is 1. The zero-order chi connectivity index (χ0) is 9.10. The molecule has 74 valence electrons. The van der Waals surface area contributed by atoms with Gasteiger partial charge in [-0.1, -0.05) is 0 Å². The van der Waals surface area contributed by atoms with Crippen molar-refractivity contribution in [3.8, 4) is 0 Å². The summed E-state index contributed by atoms with van der Waals surface area (Å²) in [5.74, 6) is 0.812. The third kappa shape index (κ3) is 2.69. The third-order valence-electron chi connectivity index (χ3n) is 2.79. The molecule has 1 aliphatic carbocycles. The second kappa shape index (κ2) is 4.09. The Morgan fingerprint density at radius 2 is 2.23 bits per heavy atom. The van der Waals surface area contributed by atoms with Gasteiger partial charge in [0.1, 0.15) is 0 Å². The van der Waals surface area contributed by atoms with Crippen LogP contribution in [0.25, 0.3) is 0 Å². The molecule has 0 radical (unpaired) electrons. The minimum Gasteiger partial charge on any atom is -0.465 e. The fourth-order valence-electron chi connectivity index (χ4n) is 1.66. The Labute approximate surface area is 78.8 Å². The summed E-state index contributed by atoms with van der Waals surface area (Å²) in [6, 6.07) is 0. The lowest BCUT2D eigenvalue weighted by atomic mass is 10.0. The highest BCUT2D eigenvalue weighted by Crippen LogP contribution is 2.29. The Balaban J connectivity index is 1.67. The first kappa shape index (κ1) is 9.00. The van der Waals surface area contributed by atoms with Gasteiger partial charge in [-0.25, -0.2) is 0 Å². The fourth-order valence-corrected chi connectivity index (χ4v) is 1.66. The molecule has 0 amide bonds. The summed E-state index contributed by atoms with van der Waals surface area (Å²) in [5, 5.41) is 3.22. The van der Waals surface area contributed by atoms with Gasteiger partial charge in [-0.3, -0.25) is 4.79 Å². The maximum absolute atomic E-state index is 11.5. The fraction of sp³-hybridized carbons (Fsp3) is 0.900. The van der Waals surface area contributed by atoms with Crippen LogP contribution in [0.5, 0.6) is 0 Å². The average molecular weight is 183 g/mol. The molecule has 0 aromatic carbocycles. The number of esters is 1. The van der Waals surface area contributed by atoms with E-state index >= 15 is 0 Å². The smallest absolute Gasteiger partial charge is 0.310 e. The average Bonchev–Trinajstić information content (AvgIpc) is 2.99.